The second-order valence-corrected chi connectivity index (χ2v) is 6.64. The molecule has 0 bridgehead atoms. The third-order valence-corrected chi connectivity index (χ3v) is 4.89. The minimum atomic E-state index is -0.724. The first-order valence-electron chi connectivity index (χ1n) is 8.85. The molecule has 7 heteroatoms. The van der Waals surface area contributed by atoms with Crippen LogP contribution in [0.15, 0.2) is 76.5 Å². The fourth-order valence-corrected chi connectivity index (χ4v) is 3.41. The molecule has 0 aliphatic carbocycles. The van der Waals surface area contributed by atoms with Gasteiger partial charge in [0.2, 0.25) is 0 Å². The first-order chi connectivity index (χ1) is 14.1. The van der Waals surface area contributed by atoms with Gasteiger partial charge in [0.05, 0.1) is 30.7 Å². The van der Waals surface area contributed by atoms with Crippen LogP contribution in [0, 0.1) is 11.6 Å². The summed E-state index contributed by atoms with van der Waals surface area (Å²) in [6.07, 6.45) is 5.67. The zero-order valence-electron chi connectivity index (χ0n) is 15.0. The second kappa shape index (κ2) is 6.63. The Kier molecular flexibility index (Phi) is 3.94. The number of nitrogens with zero attached hydrogens (tertiary/aromatic N) is 3. The van der Waals surface area contributed by atoms with E-state index in [1.165, 1.54) is 29.1 Å². The van der Waals surface area contributed by atoms with E-state index in [1.807, 2.05) is 0 Å². The fraction of sp³-hybridized carbons (Fsp3) is 0.0455. The lowest BCUT2D eigenvalue weighted by atomic mass is 10.0. The van der Waals surface area contributed by atoms with Crippen LogP contribution in [0.25, 0.3) is 33.1 Å². The zero-order chi connectivity index (χ0) is 20.0. The molecule has 3 aromatic heterocycles. The van der Waals surface area contributed by atoms with Crippen molar-refractivity contribution in [2.45, 2.75) is 6.54 Å². The predicted octanol–water partition coefficient (Wildman–Crippen LogP) is 4.53. The van der Waals surface area contributed by atoms with Gasteiger partial charge in [0, 0.05) is 17.1 Å². The second-order valence-electron chi connectivity index (χ2n) is 6.64. The van der Waals surface area contributed by atoms with Gasteiger partial charge in [-0.15, -0.1) is 0 Å². The molecule has 0 atom stereocenters. The molecule has 29 heavy (non-hydrogen) atoms. The van der Waals surface area contributed by atoms with Gasteiger partial charge >= 0.3 is 0 Å². The molecule has 0 spiro atoms. The van der Waals surface area contributed by atoms with Crippen molar-refractivity contribution < 1.29 is 13.2 Å². The molecule has 3 heterocycles. The van der Waals surface area contributed by atoms with Crippen molar-refractivity contribution in [2.75, 3.05) is 0 Å². The van der Waals surface area contributed by atoms with Crippen LogP contribution in [-0.4, -0.2) is 14.5 Å². The Labute approximate surface area is 162 Å². The van der Waals surface area contributed by atoms with E-state index < -0.39 is 17.2 Å². The summed E-state index contributed by atoms with van der Waals surface area (Å²) < 4.78 is 36.3. The Hall–Kier alpha value is -3.87. The first kappa shape index (κ1) is 17.2. The van der Waals surface area contributed by atoms with Gasteiger partial charge in [0.1, 0.15) is 22.7 Å². The molecule has 5 rings (SSSR count). The maximum atomic E-state index is 14.9. The lowest BCUT2D eigenvalue weighted by molar-refractivity contribution is 0.545. The Morgan fingerprint density at radius 2 is 1.79 bits per heavy atom. The summed E-state index contributed by atoms with van der Waals surface area (Å²) in [6.45, 7) is -0.249. The van der Waals surface area contributed by atoms with Crippen LogP contribution in [0.2, 0.25) is 0 Å². The molecule has 0 saturated carbocycles. The van der Waals surface area contributed by atoms with Crippen LogP contribution in [0.5, 0.6) is 0 Å². The van der Waals surface area contributed by atoms with Crippen molar-refractivity contribution in [3.63, 3.8) is 0 Å². The van der Waals surface area contributed by atoms with Gasteiger partial charge < -0.3 is 8.98 Å². The molecule has 0 fully saturated rings. The summed E-state index contributed by atoms with van der Waals surface area (Å²) in [6, 6.07) is 11.2. The largest absolute Gasteiger partial charge is 0.464 e. The number of aromatic nitrogens is 3. The van der Waals surface area contributed by atoms with Gasteiger partial charge in [-0.05, 0) is 47.5 Å². The van der Waals surface area contributed by atoms with Gasteiger partial charge in [0.15, 0.2) is 0 Å². The molecule has 0 amide bonds. The van der Waals surface area contributed by atoms with Gasteiger partial charge in [-0.3, -0.25) is 9.78 Å². The summed E-state index contributed by atoms with van der Waals surface area (Å²) in [4.78, 5) is 20.2. The lowest BCUT2D eigenvalue weighted by Crippen LogP contribution is -2.22. The number of rotatable bonds is 3. The maximum Gasteiger partial charge on any atom is 0.269 e. The van der Waals surface area contributed by atoms with Crippen molar-refractivity contribution >= 4 is 22.0 Å². The van der Waals surface area contributed by atoms with Crippen molar-refractivity contribution in [1.82, 2.24) is 14.5 Å². The van der Waals surface area contributed by atoms with Gasteiger partial charge in [0.25, 0.3) is 5.56 Å². The molecular formula is C22H13F2N3O2. The highest BCUT2D eigenvalue weighted by molar-refractivity contribution is 5.83. The molecule has 5 aromatic rings. The molecule has 0 aliphatic heterocycles. The van der Waals surface area contributed by atoms with E-state index >= 15 is 0 Å². The van der Waals surface area contributed by atoms with Gasteiger partial charge in [-0.1, -0.05) is 6.07 Å². The van der Waals surface area contributed by atoms with Crippen molar-refractivity contribution in [3.8, 4) is 11.1 Å². The molecule has 0 unspecified atom stereocenters. The van der Waals surface area contributed by atoms with Crippen molar-refractivity contribution in [1.29, 1.82) is 0 Å². The van der Waals surface area contributed by atoms with Crippen LogP contribution < -0.4 is 5.56 Å². The summed E-state index contributed by atoms with van der Waals surface area (Å²) in [7, 11) is 0. The number of benzene rings is 2. The quantitative estimate of drug-likeness (QED) is 0.455. The third kappa shape index (κ3) is 2.97. The Morgan fingerprint density at radius 3 is 2.62 bits per heavy atom. The minimum absolute atomic E-state index is 0.190. The number of hydrogen-bond acceptors (Lipinski definition) is 4. The number of hydrogen-bond donors (Lipinski definition) is 0. The van der Waals surface area contributed by atoms with E-state index in [2.05, 4.69) is 9.97 Å². The molecule has 0 N–H and O–H groups in total. The lowest BCUT2D eigenvalue weighted by Gasteiger charge is -2.12. The highest BCUT2D eigenvalue weighted by Gasteiger charge is 2.15. The molecule has 0 radical (unpaired) electrons. The van der Waals surface area contributed by atoms with E-state index in [-0.39, 0.29) is 12.1 Å². The van der Waals surface area contributed by atoms with Crippen molar-refractivity contribution in [3.05, 3.63) is 94.9 Å². The van der Waals surface area contributed by atoms with E-state index in [9.17, 15) is 13.6 Å². The molecule has 0 saturated heterocycles. The SMILES string of the molecule is O=c1cnc2cnccc2n1Cc1c(F)cc(-c2ccc3occc3c2)cc1F. The van der Waals surface area contributed by atoms with E-state index in [0.717, 1.165) is 11.6 Å². The normalized spacial score (nSPS) is 11.4. The smallest absolute Gasteiger partial charge is 0.269 e. The summed E-state index contributed by atoms with van der Waals surface area (Å²) >= 11 is 0. The van der Waals surface area contributed by atoms with Crippen molar-refractivity contribution in [2.24, 2.45) is 0 Å². The average Bonchev–Trinajstić information content (AvgIpc) is 3.19. The van der Waals surface area contributed by atoms with E-state index in [0.29, 0.717) is 27.7 Å². The molecule has 5 nitrogen and oxygen atoms in total. The Bertz CT molecular complexity index is 1420. The number of halogens is 2. The number of pyridine rings is 1. The average molecular weight is 389 g/mol. The standard InChI is InChI=1S/C22H13F2N3O2/c23-17-8-15(13-1-2-21-14(7-13)4-6-29-21)9-18(24)16(17)12-27-20-3-5-25-10-19(20)26-11-22(27)28/h1-11H,12H2. The maximum absolute atomic E-state index is 14.9. The number of fused-ring (bicyclic) bond motifs is 2. The zero-order valence-corrected chi connectivity index (χ0v) is 15.0. The van der Waals surface area contributed by atoms with Crippen LogP contribution >= 0.6 is 0 Å². The van der Waals surface area contributed by atoms with Crippen LogP contribution in [-0.2, 0) is 6.54 Å². The third-order valence-electron chi connectivity index (χ3n) is 4.89. The summed E-state index contributed by atoms with van der Waals surface area (Å²) in [5.74, 6) is -1.45. The molecular weight excluding hydrogens is 376 g/mol. The summed E-state index contributed by atoms with van der Waals surface area (Å²) in [5, 5.41) is 0.843. The van der Waals surface area contributed by atoms with Crippen LogP contribution in [0.1, 0.15) is 5.56 Å². The molecule has 142 valence electrons. The Balaban J connectivity index is 1.59. The summed E-state index contributed by atoms with van der Waals surface area (Å²) in [5.41, 5.74) is 2.06. The molecule has 0 aliphatic rings. The van der Waals surface area contributed by atoms with Crippen LogP contribution in [0.3, 0.4) is 0 Å². The van der Waals surface area contributed by atoms with E-state index in [1.54, 1.807) is 36.6 Å². The molecule has 2 aromatic carbocycles. The Morgan fingerprint density at radius 1 is 0.966 bits per heavy atom. The highest BCUT2D eigenvalue weighted by atomic mass is 19.1. The predicted molar refractivity (Wildman–Crippen MR) is 104 cm³/mol. The van der Waals surface area contributed by atoms with E-state index in [4.69, 9.17) is 4.42 Å². The minimum Gasteiger partial charge on any atom is -0.464 e. The van der Waals surface area contributed by atoms with Gasteiger partial charge in [-0.2, -0.15) is 0 Å². The monoisotopic (exact) mass is 389 g/mol. The van der Waals surface area contributed by atoms with Crippen LogP contribution in [0.4, 0.5) is 8.78 Å². The first-order valence-corrected chi connectivity index (χ1v) is 8.85. The highest BCUT2D eigenvalue weighted by Crippen LogP contribution is 2.28. The van der Waals surface area contributed by atoms with Gasteiger partial charge in [-0.25, -0.2) is 13.8 Å². The fourth-order valence-electron chi connectivity index (χ4n) is 3.41. The number of furan rings is 1. The topological polar surface area (TPSA) is 60.9 Å².